The third-order valence-electron chi connectivity index (χ3n) is 5.06. The van der Waals surface area contributed by atoms with Crippen molar-refractivity contribution >= 4 is 51.2 Å². The highest BCUT2D eigenvalue weighted by atomic mass is 35.5. The molecule has 0 fully saturated rings. The maximum Gasteiger partial charge on any atom is 0.346 e. The van der Waals surface area contributed by atoms with Crippen LogP contribution in [0.15, 0.2) is 78.9 Å². The summed E-state index contributed by atoms with van der Waals surface area (Å²) in [6.45, 7) is 0. The zero-order valence-corrected chi connectivity index (χ0v) is 17.9. The van der Waals surface area contributed by atoms with Crippen LogP contribution >= 0.6 is 11.6 Å². The minimum Gasteiger partial charge on any atom is -0.423 e. The van der Waals surface area contributed by atoms with Crippen molar-refractivity contribution in [2.45, 2.75) is 0 Å². The maximum absolute atomic E-state index is 12.6. The fraction of sp³-hybridized carbons (Fsp3) is 0. The quantitative estimate of drug-likeness (QED) is 0.156. The van der Waals surface area contributed by atoms with E-state index in [0.29, 0.717) is 22.7 Å². The molecule has 5 rings (SSSR count). The molecule has 0 amide bonds. The number of ether oxygens (including phenoxy) is 1. The lowest BCUT2D eigenvalue weighted by Gasteiger charge is -2.07. The van der Waals surface area contributed by atoms with Crippen LogP contribution in [0.3, 0.4) is 0 Å². The van der Waals surface area contributed by atoms with Crippen molar-refractivity contribution in [2.24, 2.45) is 0 Å². The molecule has 0 aliphatic heterocycles. The van der Waals surface area contributed by atoms with Gasteiger partial charge in [0.1, 0.15) is 22.8 Å². The van der Waals surface area contributed by atoms with Crippen LogP contribution in [-0.2, 0) is 0 Å². The number of halogens is 1. The molecule has 0 spiro atoms. The van der Waals surface area contributed by atoms with Gasteiger partial charge in [0.2, 0.25) is 0 Å². The van der Waals surface area contributed by atoms with Gasteiger partial charge in [0.05, 0.1) is 27.7 Å². The van der Waals surface area contributed by atoms with Crippen LogP contribution in [0.2, 0.25) is 5.15 Å². The number of nitrogens with zero attached hydrogens (tertiary/aromatic N) is 3. The van der Waals surface area contributed by atoms with E-state index in [1.165, 1.54) is 0 Å². The number of H-pyrrole nitrogens is 1. The molecular weight excluding hydrogens is 436 g/mol. The molecule has 33 heavy (non-hydrogen) atoms. The first kappa shape index (κ1) is 20.4. The Morgan fingerprint density at radius 2 is 1.70 bits per heavy atom. The van der Waals surface area contributed by atoms with Crippen LogP contribution < -0.4 is 4.74 Å². The SMILES string of the molecule is N#C/C(=C\c1ccc(OC(=O)c2cc3ccccc3nc2Cl)cc1)c1nc2ccccc2[nH]1. The molecule has 0 aliphatic carbocycles. The molecule has 3 aromatic carbocycles. The van der Waals surface area contributed by atoms with Gasteiger partial charge in [-0.15, -0.1) is 0 Å². The van der Waals surface area contributed by atoms with Crippen molar-refractivity contribution in [1.29, 1.82) is 5.26 Å². The number of imidazole rings is 1. The molecule has 1 N–H and O–H groups in total. The molecule has 7 heteroatoms. The predicted molar refractivity (Wildman–Crippen MR) is 128 cm³/mol. The lowest BCUT2D eigenvalue weighted by atomic mass is 10.1. The highest BCUT2D eigenvalue weighted by molar-refractivity contribution is 6.33. The molecule has 6 nitrogen and oxygen atoms in total. The number of pyridine rings is 1. The Morgan fingerprint density at radius 3 is 2.45 bits per heavy atom. The van der Waals surface area contributed by atoms with E-state index >= 15 is 0 Å². The second kappa shape index (κ2) is 8.58. The highest BCUT2D eigenvalue weighted by Gasteiger charge is 2.15. The average molecular weight is 451 g/mol. The number of esters is 1. The average Bonchev–Trinajstić information content (AvgIpc) is 3.27. The number of nitrogens with one attached hydrogen (secondary N) is 1. The number of carbonyl (C=O) groups is 1. The third-order valence-corrected chi connectivity index (χ3v) is 5.35. The summed E-state index contributed by atoms with van der Waals surface area (Å²) in [5.41, 5.74) is 3.70. The molecule has 0 aliphatic rings. The molecule has 0 bridgehead atoms. The summed E-state index contributed by atoms with van der Waals surface area (Å²) in [5.74, 6) is 0.248. The van der Waals surface area contributed by atoms with Crippen LogP contribution in [-0.4, -0.2) is 20.9 Å². The zero-order valence-electron chi connectivity index (χ0n) is 17.1. The van der Waals surface area contributed by atoms with Gasteiger partial charge >= 0.3 is 5.97 Å². The summed E-state index contributed by atoms with van der Waals surface area (Å²) in [6, 6.07) is 25.6. The van der Waals surface area contributed by atoms with E-state index < -0.39 is 5.97 Å². The van der Waals surface area contributed by atoms with Crippen molar-refractivity contribution in [3.63, 3.8) is 0 Å². The number of benzene rings is 3. The monoisotopic (exact) mass is 450 g/mol. The van der Waals surface area contributed by atoms with E-state index in [1.807, 2.05) is 48.5 Å². The number of aromatic nitrogens is 3. The van der Waals surface area contributed by atoms with Gasteiger partial charge in [0.15, 0.2) is 0 Å². The first-order valence-electron chi connectivity index (χ1n) is 10.1. The van der Waals surface area contributed by atoms with Crippen LogP contribution in [0.1, 0.15) is 21.7 Å². The highest BCUT2D eigenvalue weighted by Crippen LogP contribution is 2.24. The van der Waals surface area contributed by atoms with Crippen LogP contribution in [0.5, 0.6) is 5.75 Å². The van der Waals surface area contributed by atoms with Gasteiger partial charge in [-0.25, -0.2) is 14.8 Å². The Bertz CT molecular complexity index is 1550. The largest absolute Gasteiger partial charge is 0.423 e. The van der Waals surface area contributed by atoms with E-state index in [0.717, 1.165) is 22.0 Å². The summed E-state index contributed by atoms with van der Waals surface area (Å²) in [5, 5.41) is 10.5. The molecule has 0 atom stereocenters. The van der Waals surface area contributed by atoms with E-state index in [2.05, 4.69) is 21.0 Å². The molecule has 0 radical (unpaired) electrons. The smallest absolute Gasteiger partial charge is 0.346 e. The summed E-state index contributed by atoms with van der Waals surface area (Å²) in [6.07, 6.45) is 1.72. The molecule has 158 valence electrons. The molecule has 0 saturated heterocycles. The topological polar surface area (TPSA) is 91.7 Å². The molecule has 0 unspecified atom stereocenters. The van der Waals surface area contributed by atoms with Crippen molar-refractivity contribution < 1.29 is 9.53 Å². The fourth-order valence-electron chi connectivity index (χ4n) is 3.43. The summed E-state index contributed by atoms with van der Waals surface area (Å²) in [4.78, 5) is 24.5. The second-order valence-corrected chi connectivity index (χ2v) is 7.61. The van der Waals surface area contributed by atoms with Gasteiger partial charge in [-0.1, -0.05) is 54.1 Å². The van der Waals surface area contributed by atoms with Crippen molar-refractivity contribution in [3.8, 4) is 11.8 Å². The number of para-hydroxylation sites is 3. The molecule has 2 heterocycles. The number of nitriles is 1. The lowest BCUT2D eigenvalue weighted by Crippen LogP contribution is -2.10. The van der Waals surface area contributed by atoms with Crippen molar-refractivity contribution in [3.05, 3.63) is 101 Å². The van der Waals surface area contributed by atoms with E-state index in [1.54, 1.807) is 36.4 Å². The predicted octanol–water partition coefficient (Wildman–Crippen LogP) is 6.05. The number of aromatic amines is 1. The van der Waals surface area contributed by atoms with Gasteiger partial charge in [0.25, 0.3) is 0 Å². The Labute approximate surface area is 193 Å². The molecular formula is C26H15ClN4O2. The van der Waals surface area contributed by atoms with Gasteiger partial charge in [0, 0.05) is 5.39 Å². The van der Waals surface area contributed by atoms with E-state index in [4.69, 9.17) is 16.3 Å². The Balaban J connectivity index is 1.36. The third kappa shape index (κ3) is 4.18. The molecule has 5 aromatic rings. The van der Waals surface area contributed by atoms with Crippen LogP contribution in [0.4, 0.5) is 0 Å². The van der Waals surface area contributed by atoms with Gasteiger partial charge < -0.3 is 9.72 Å². The van der Waals surface area contributed by atoms with E-state index in [9.17, 15) is 10.1 Å². The zero-order chi connectivity index (χ0) is 22.8. The number of allylic oxidation sites excluding steroid dienone is 1. The first-order chi connectivity index (χ1) is 16.1. The second-order valence-electron chi connectivity index (χ2n) is 7.25. The Kier molecular flexibility index (Phi) is 5.31. The minimum absolute atomic E-state index is 0.0859. The van der Waals surface area contributed by atoms with Gasteiger partial charge in [-0.05, 0) is 48.0 Å². The minimum atomic E-state index is -0.596. The Hall–Kier alpha value is -4.47. The van der Waals surface area contributed by atoms with Gasteiger partial charge in [-0.3, -0.25) is 0 Å². The fourth-order valence-corrected chi connectivity index (χ4v) is 3.65. The summed E-state index contributed by atoms with van der Waals surface area (Å²) in [7, 11) is 0. The van der Waals surface area contributed by atoms with E-state index in [-0.39, 0.29) is 10.7 Å². The standard InChI is InChI=1S/C26H15ClN4O2/c27-24-20(14-17-5-1-2-6-21(17)29-24)26(32)33-19-11-9-16(10-12-19)13-18(15-28)25-30-22-7-3-4-8-23(22)31-25/h1-14H,(H,30,31)/b18-13+. The number of hydrogen-bond donors (Lipinski definition) is 1. The summed E-state index contributed by atoms with van der Waals surface area (Å²) >= 11 is 6.19. The first-order valence-corrected chi connectivity index (χ1v) is 10.4. The summed E-state index contributed by atoms with van der Waals surface area (Å²) < 4.78 is 5.47. The van der Waals surface area contributed by atoms with Crippen LogP contribution in [0.25, 0.3) is 33.6 Å². The number of fused-ring (bicyclic) bond motifs is 2. The number of hydrogen-bond acceptors (Lipinski definition) is 5. The number of carbonyl (C=O) groups excluding carboxylic acids is 1. The normalized spacial score (nSPS) is 11.5. The Morgan fingerprint density at radius 1 is 0.970 bits per heavy atom. The lowest BCUT2D eigenvalue weighted by molar-refractivity contribution is 0.0734. The molecule has 2 aromatic heterocycles. The number of rotatable bonds is 4. The van der Waals surface area contributed by atoms with Crippen molar-refractivity contribution in [1.82, 2.24) is 15.0 Å². The maximum atomic E-state index is 12.6. The van der Waals surface area contributed by atoms with Crippen molar-refractivity contribution in [2.75, 3.05) is 0 Å². The molecule has 0 saturated carbocycles. The van der Waals surface area contributed by atoms with Crippen LogP contribution in [0, 0.1) is 11.3 Å². The van der Waals surface area contributed by atoms with Gasteiger partial charge in [-0.2, -0.15) is 5.26 Å².